The predicted molar refractivity (Wildman–Crippen MR) is 74.6 cm³/mol. The summed E-state index contributed by atoms with van der Waals surface area (Å²) in [5, 5.41) is 10.8. The molecule has 0 aromatic rings. The summed E-state index contributed by atoms with van der Waals surface area (Å²) < 4.78 is 0. The van der Waals surface area contributed by atoms with Crippen molar-refractivity contribution in [1.82, 2.24) is 4.90 Å². The minimum Gasteiger partial charge on any atom is -0.389 e. The Hall–Kier alpha value is -0.0800. The number of hydrogen-bond donors (Lipinski definition) is 1. The van der Waals surface area contributed by atoms with E-state index in [2.05, 4.69) is 4.90 Å². The topological polar surface area (TPSA) is 23.5 Å². The first-order valence-corrected chi connectivity index (χ1v) is 8.23. The Morgan fingerprint density at radius 2 is 1.61 bits per heavy atom. The highest BCUT2D eigenvalue weighted by Crippen LogP contribution is 2.37. The van der Waals surface area contributed by atoms with Crippen molar-refractivity contribution < 1.29 is 5.11 Å². The maximum atomic E-state index is 10.8. The van der Waals surface area contributed by atoms with Crippen LogP contribution in [0.1, 0.15) is 70.6 Å². The minimum atomic E-state index is -0.348. The van der Waals surface area contributed by atoms with Crippen LogP contribution in [0.15, 0.2) is 0 Å². The van der Waals surface area contributed by atoms with Gasteiger partial charge in [0.2, 0.25) is 0 Å². The van der Waals surface area contributed by atoms with E-state index < -0.39 is 0 Å². The maximum absolute atomic E-state index is 10.8. The van der Waals surface area contributed by atoms with Crippen molar-refractivity contribution in [3.63, 3.8) is 0 Å². The lowest BCUT2D eigenvalue weighted by Gasteiger charge is -2.39. The number of hydrogen-bond acceptors (Lipinski definition) is 2. The van der Waals surface area contributed by atoms with Crippen LogP contribution in [0.5, 0.6) is 0 Å². The Balaban J connectivity index is 1.60. The fraction of sp³-hybridized carbons (Fsp3) is 1.00. The highest BCUT2D eigenvalue weighted by atomic mass is 16.3. The number of aliphatic hydroxyl groups is 1. The summed E-state index contributed by atoms with van der Waals surface area (Å²) in [5.74, 6) is 0.944. The Kier molecular flexibility index (Phi) is 3.95. The summed E-state index contributed by atoms with van der Waals surface area (Å²) in [4.78, 5) is 2.65. The largest absolute Gasteiger partial charge is 0.389 e. The van der Waals surface area contributed by atoms with Gasteiger partial charge in [-0.25, -0.2) is 0 Å². The Morgan fingerprint density at radius 1 is 0.889 bits per heavy atom. The van der Waals surface area contributed by atoms with Gasteiger partial charge in [0.05, 0.1) is 5.60 Å². The average molecular weight is 251 g/mol. The molecule has 2 nitrogen and oxygen atoms in total. The lowest BCUT2D eigenvalue weighted by Crippen LogP contribution is -2.47. The lowest BCUT2D eigenvalue weighted by molar-refractivity contribution is -0.0335. The summed E-state index contributed by atoms with van der Waals surface area (Å²) >= 11 is 0. The van der Waals surface area contributed by atoms with Crippen LogP contribution in [0.2, 0.25) is 0 Å². The molecule has 1 N–H and O–H groups in total. The van der Waals surface area contributed by atoms with Crippen LogP contribution in [0.4, 0.5) is 0 Å². The van der Waals surface area contributed by atoms with Crippen molar-refractivity contribution >= 4 is 0 Å². The summed E-state index contributed by atoms with van der Waals surface area (Å²) in [7, 11) is 0. The zero-order valence-electron chi connectivity index (χ0n) is 11.7. The molecule has 0 aromatic carbocycles. The van der Waals surface area contributed by atoms with Gasteiger partial charge in [0.1, 0.15) is 0 Å². The first kappa shape index (κ1) is 12.9. The zero-order valence-corrected chi connectivity index (χ0v) is 11.7. The fourth-order valence-electron chi connectivity index (χ4n) is 4.67. The van der Waals surface area contributed by atoms with Gasteiger partial charge in [-0.2, -0.15) is 0 Å². The quantitative estimate of drug-likeness (QED) is 0.831. The van der Waals surface area contributed by atoms with Crippen LogP contribution in [0.3, 0.4) is 0 Å². The van der Waals surface area contributed by atoms with Gasteiger partial charge in [-0.1, -0.05) is 32.1 Å². The molecule has 3 rings (SSSR count). The van der Waals surface area contributed by atoms with Crippen LogP contribution in [0, 0.1) is 5.92 Å². The zero-order chi connectivity index (χ0) is 12.4. The van der Waals surface area contributed by atoms with E-state index in [0.29, 0.717) is 0 Å². The van der Waals surface area contributed by atoms with Crippen molar-refractivity contribution in [3.8, 4) is 0 Å². The summed E-state index contributed by atoms with van der Waals surface area (Å²) in [6.45, 7) is 2.21. The average Bonchev–Trinajstić information content (AvgIpc) is 2.99. The molecule has 1 saturated heterocycles. The molecule has 1 unspecified atom stereocenters. The molecule has 0 bridgehead atoms. The smallest absolute Gasteiger partial charge is 0.0774 e. The molecular formula is C16H29NO. The number of β-amino-alcohol motifs (C(OH)–C–C–N with tert-alkyl or cyclic N) is 1. The first-order chi connectivity index (χ1) is 8.77. The molecule has 0 amide bonds. The van der Waals surface area contributed by atoms with Crippen LogP contribution >= 0.6 is 0 Å². The molecule has 1 aliphatic heterocycles. The minimum absolute atomic E-state index is 0.348. The van der Waals surface area contributed by atoms with Crippen LogP contribution in [-0.2, 0) is 0 Å². The highest BCUT2D eigenvalue weighted by molar-refractivity contribution is 4.93. The Labute approximate surface area is 112 Å². The molecule has 0 spiro atoms. The normalized spacial score (nSPS) is 34.2. The van der Waals surface area contributed by atoms with Gasteiger partial charge < -0.3 is 5.11 Å². The van der Waals surface area contributed by atoms with Gasteiger partial charge in [0.15, 0.2) is 0 Å². The van der Waals surface area contributed by atoms with Crippen LogP contribution in [-0.4, -0.2) is 34.7 Å². The molecule has 1 atom stereocenters. The third kappa shape index (κ3) is 2.75. The third-order valence-electron chi connectivity index (χ3n) is 5.64. The molecule has 18 heavy (non-hydrogen) atoms. The number of likely N-dealkylation sites (tertiary alicyclic amines) is 1. The van der Waals surface area contributed by atoms with Gasteiger partial charge in [-0.3, -0.25) is 4.90 Å². The highest BCUT2D eigenvalue weighted by Gasteiger charge is 2.38. The Bertz CT molecular complexity index is 266. The lowest BCUT2D eigenvalue weighted by atomic mass is 9.84. The second-order valence-electron chi connectivity index (χ2n) is 7.01. The summed E-state index contributed by atoms with van der Waals surface area (Å²) in [5.41, 5.74) is -0.348. The van der Waals surface area contributed by atoms with E-state index in [1.807, 2.05) is 0 Å². The van der Waals surface area contributed by atoms with Gasteiger partial charge in [-0.05, 0) is 51.0 Å². The van der Waals surface area contributed by atoms with Crippen molar-refractivity contribution in [2.75, 3.05) is 13.1 Å². The molecule has 3 fully saturated rings. The van der Waals surface area contributed by atoms with E-state index in [1.54, 1.807) is 0 Å². The maximum Gasteiger partial charge on any atom is 0.0774 e. The summed E-state index contributed by atoms with van der Waals surface area (Å²) in [6.07, 6.45) is 14.4. The second kappa shape index (κ2) is 5.50. The molecule has 3 aliphatic rings. The Morgan fingerprint density at radius 3 is 2.33 bits per heavy atom. The van der Waals surface area contributed by atoms with Crippen molar-refractivity contribution in [1.29, 1.82) is 0 Å². The molecule has 1 heterocycles. The predicted octanol–water partition coefficient (Wildman–Crippen LogP) is 3.34. The molecule has 104 valence electrons. The molecule has 0 radical (unpaired) electrons. The monoisotopic (exact) mass is 251 g/mol. The molecule has 0 aromatic heterocycles. The van der Waals surface area contributed by atoms with Gasteiger partial charge >= 0.3 is 0 Å². The van der Waals surface area contributed by atoms with Gasteiger partial charge in [0, 0.05) is 12.6 Å². The first-order valence-electron chi connectivity index (χ1n) is 8.23. The third-order valence-corrected chi connectivity index (χ3v) is 5.64. The number of nitrogens with zero attached hydrogens (tertiary/aromatic N) is 1. The number of rotatable bonds is 3. The van der Waals surface area contributed by atoms with Crippen molar-refractivity contribution in [2.24, 2.45) is 5.92 Å². The van der Waals surface area contributed by atoms with E-state index in [-0.39, 0.29) is 5.60 Å². The molecule has 2 aliphatic carbocycles. The SMILES string of the molecule is OC1(CN2CCCC2C2CCCC2)CCCCC1. The van der Waals surface area contributed by atoms with E-state index in [4.69, 9.17) is 0 Å². The van der Waals surface area contributed by atoms with Gasteiger partial charge in [0.25, 0.3) is 0 Å². The van der Waals surface area contributed by atoms with E-state index >= 15 is 0 Å². The van der Waals surface area contributed by atoms with Crippen molar-refractivity contribution in [2.45, 2.75) is 82.3 Å². The second-order valence-corrected chi connectivity index (χ2v) is 7.01. The van der Waals surface area contributed by atoms with Crippen molar-refractivity contribution in [3.05, 3.63) is 0 Å². The van der Waals surface area contributed by atoms with Crippen LogP contribution in [0.25, 0.3) is 0 Å². The van der Waals surface area contributed by atoms with Crippen LogP contribution < -0.4 is 0 Å². The summed E-state index contributed by atoms with van der Waals surface area (Å²) in [6, 6.07) is 0.804. The van der Waals surface area contributed by atoms with E-state index in [0.717, 1.165) is 31.3 Å². The standard InChI is InChI=1S/C16H29NO/c18-16(10-4-1-5-11-16)13-17-12-6-9-15(17)14-7-2-3-8-14/h14-15,18H,1-13H2. The fourth-order valence-corrected chi connectivity index (χ4v) is 4.67. The van der Waals surface area contributed by atoms with E-state index in [9.17, 15) is 5.11 Å². The molecule has 2 heteroatoms. The van der Waals surface area contributed by atoms with E-state index in [1.165, 1.54) is 64.3 Å². The molecular weight excluding hydrogens is 222 g/mol. The van der Waals surface area contributed by atoms with Gasteiger partial charge in [-0.15, -0.1) is 0 Å². The molecule has 2 saturated carbocycles.